The fourth-order valence-corrected chi connectivity index (χ4v) is 2.78. The van der Waals surface area contributed by atoms with E-state index in [1.165, 1.54) is 51.5 Å². The number of hydrogen-bond donors (Lipinski definition) is 1. The molecule has 1 aliphatic rings. The largest absolute Gasteiger partial charge is 0.314 e. The summed E-state index contributed by atoms with van der Waals surface area (Å²) in [5.74, 6) is 1.80. The second-order valence-electron chi connectivity index (χ2n) is 5.49. The molecule has 1 nitrogen and oxygen atoms in total. The Morgan fingerprint density at radius 3 is 2.40 bits per heavy atom. The molecule has 0 radical (unpaired) electrons. The molecule has 0 amide bonds. The Balaban J connectivity index is 2.13. The zero-order valence-electron chi connectivity index (χ0n) is 10.9. The molecule has 0 aliphatic heterocycles. The van der Waals surface area contributed by atoms with Gasteiger partial charge < -0.3 is 5.32 Å². The Kier molecular flexibility index (Phi) is 6.31. The number of nitrogens with one attached hydrogen (secondary N) is 1. The Hall–Kier alpha value is -0.0400. The minimum atomic E-state index is 0.740. The van der Waals surface area contributed by atoms with Gasteiger partial charge in [0.25, 0.3) is 0 Å². The van der Waals surface area contributed by atoms with Gasteiger partial charge in [-0.2, -0.15) is 0 Å². The summed E-state index contributed by atoms with van der Waals surface area (Å²) in [5, 5.41) is 3.74. The van der Waals surface area contributed by atoms with E-state index in [-0.39, 0.29) is 0 Å². The topological polar surface area (TPSA) is 12.0 Å². The molecule has 1 N–H and O–H groups in total. The fraction of sp³-hybridized carbons (Fsp3) is 1.00. The van der Waals surface area contributed by atoms with E-state index < -0.39 is 0 Å². The van der Waals surface area contributed by atoms with Crippen LogP contribution in [0.5, 0.6) is 0 Å². The summed E-state index contributed by atoms with van der Waals surface area (Å²) in [4.78, 5) is 0. The molecule has 0 bridgehead atoms. The lowest BCUT2D eigenvalue weighted by Crippen LogP contribution is -2.37. The summed E-state index contributed by atoms with van der Waals surface area (Å²) in [6, 6.07) is 0.740. The molecule has 1 heteroatoms. The predicted molar refractivity (Wildman–Crippen MR) is 68.1 cm³/mol. The molecule has 2 unspecified atom stereocenters. The maximum atomic E-state index is 3.74. The molecule has 0 heterocycles. The smallest absolute Gasteiger partial charge is 0.00671 e. The first-order valence-electron chi connectivity index (χ1n) is 6.97. The van der Waals surface area contributed by atoms with Gasteiger partial charge in [0, 0.05) is 6.04 Å². The van der Waals surface area contributed by atoms with Crippen molar-refractivity contribution in [1.29, 1.82) is 0 Å². The monoisotopic (exact) mass is 211 g/mol. The summed E-state index contributed by atoms with van der Waals surface area (Å²) >= 11 is 0. The molecule has 0 spiro atoms. The van der Waals surface area contributed by atoms with Gasteiger partial charge in [-0.1, -0.05) is 39.5 Å². The predicted octanol–water partition coefficient (Wildman–Crippen LogP) is 3.98. The van der Waals surface area contributed by atoms with E-state index >= 15 is 0 Å². The number of rotatable bonds is 6. The molecule has 1 saturated carbocycles. The lowest BCUT2D eigenvalue weighted by atomic mass is 9.84. The summed E-state index contributed by atoms with van der Waals surface area (Å²) < 4.78 is 0. The average molecular weight is 211 g/mol. The highest BCUT2D eigenvalue weighted by Gasteiger charge is 2.19. The standard InChI is InChI=1S/C14H29N/c1-4-8-12(2)11-15-13(3)14-9-6-5-7-10-14/h12-15H,4-11H2,1-3H3. The van der Waals surface area contributed by atoms with Gasteiger partial charge in [0.1, 0.15) is 0 Å². The minimum Gasteiger partial charge on any atom is -0.314 e. The quantitative estimate of drug-likeness (QED) is 0.700. The minimum absolute atomic E-state index is 0.740. The molecule has 1 aliphatic carbocycles. The van der Waals surface area contributed by atoms with E-state index in [0.29, 0.717) is 0 Å². The molecular formula is C14H29N. The molecule has 0 saturated heterocycles. The van der Waals surface area contributed by atoms with Gasteiger partial charge in [-0.05, 0) is 44.6 Å². The Bertz CT molecular complexity index is 149. The van der Waals surface area contributed by atoms with E-state index in [1.807, 2.05) is 0 Å². The van der Waals surface area contributed by atoms with Crippen LogP contribution in [0.4, 0.5) is 0 Å². The third kappa shape index (κ3) is 5.01. The second kappa shape index (κ2) is 7.27. The van der Waals surface area contributed by atoms with Crippen LogP contribution in [-0.2, 0) is 0 Å². The van der Waals surface area contributed by atoms with Crippen molar-refractivity contribution in [3.05, 3.63) is 0 Å². The van der Waals surface area contributed by atoms with Crippen LogP contribution in [0.2, 0.25) is 0 Å². The molecule has 1 fully saturated rings. The summed E-state index contributed by atoms with van der Waals surface area (Å²) in [5.41, 5.74) is 0. The van der Waals surface area contributed by atoms with Crippen LogP contribution in [0.3, 0.4) is 0 Å². The van der Waals surface area contributed by atoms with Crippen molar-refractivity contribution >= 4 is 0 Å². The molecule has 0 aromatic carbocycles. The molecule has 0 aromatic heterocycles. The lowest BCUT2D eigenvalue weighted by molar-refractivity contribution is 0.272. The maximum absolute atomic E-state index is 3.74. The van der Waals surface area contributed by atoms with Crippen LogP contribution in [0.25, 0.3) is 0 Å². The third-order valence-electron chi connectivity index (χ3n) is 3.93. The SMILES string of the molecule is CCCC(C)CNC(C)C1CCCCC1. The van der Waals surface area contributed by atoms with Crippen molar-refractivity contribution in [3.8, 4) is 0 Å². The van der Waals surface area contributed by atoms with Crippen LogP contribution < -0.4 is 5.32 Å². The van der Waals surface area contributed by atoms with Crippen molar-refractivity contribution in [2.24, 2.45) is 11.8 Å². The fourth-order valence-electron chi connectivity index (χ4n) is 2.78. The van der Waals surface area contributed by atoms with Crippen molar-refractivity contribution in [3.63, 3.8) is 0 Å². The summed E-state index contributed by atoms with van der Waals surface area (Å²) in [6.45, 7) is 8.24. The second-order valence-corrected chi connectivity index (χ2v) is 5.49. The highest BCUT2D eigenvalue weighted by molar-refractivity contribution is 4.76. The molecule has 1 rings (SSSR count). The van der Waals surface area contributed by atoms with Crippen LogP contribution in [-0.4, -0.2) is 12.6 Å². The Morgan fingerprint density at radius 2 is 1.80 bits per heavy atom. The highest BCUT2D eigenvalue weighted by Crippen LogP contribution is 2.26. The van der Waals surface area contributed by atoms with Crippen LogP contribution in [0.15, 0.2) is 0 Å². The van der Waals surface area contributed by atoms with E-state index in [1.54, 1.807) is 0 Å². The summed E-state index contributed by atoms with van der Waals surface area (Å²) in [6.07, 6.45) is 9.98. The van der Waals surface area contributed by atoms with Crippen LogP contribution in [0, 0.1) is 11.8 Å². The van der Waals surface area contributed by atoms with Crippen LogP contribution >= 0.6 is 0 Å². The zero-order chi connectivity index (χ0) is 11.1. The first-order valence-corrected chi connectivity index (χ1v) is 6.97. The molecule has 2 atom stereocenters. The van der Waals surface area contributed by atoms with Crippen molar-refractivity contribution < 1.29 is 0 Å². The van der Waals surface area contributed by atoms with E-state index in [4.69, 9.17) is 0 Å². The third-order valence-corrected chi connectivity index (χ3v) is 3.93. The molecule has 90 valence electrons. The van der Waals surface area contributed by atoms with Gasteiger partial charge in [-0.3, -0.25) is 0 Å². The first kappa shape index (κ1) is 13.0. The van der Waals surface area contributed by atoms with Gasteiger partial charge in [-0.25, -0.2) is 0 Å². The lowest BCUT2D eigenvalue weighted by Gasteiger charge is -2.29. The first-order chi connectivity index (χ1) is 7.24. The van der Waals surface area contributed by atoms with Crippen molar-refractivity contribution in [2.75, 3.05) is 6.54 Å². The van der Waals surface area contributed by atoms with Crippen LogP contribution in [0.1, 0.15) is 65.7 Å². The van der Waals surface area contributed by atoms with E-state index in [2.05, 4.69) is 26.1 Å². The average Bonchev–Trinajstić information content (AvgIpc) is 2.27. The van der Waals surface area contributed by atoms with Gasteiger partial charge >= 0.3 is 0 Å². The van der Waals surface area contributed by atoms with Crippen molar-refractivity contribution in [2.45, 2.75) is 71.8 Å². The maximum Gasteiger partial charge on any atom is 0.00671 e. The van der Waals surface area contributed by atoms with Gasteiger partial charge in [0.2, 0.25) is 0 Å². The van der Waals surface area contributed by atoms with Gasteiger partial charge in [0.15, 0.2) is 0 Å². The molecule has 0 aromatic rings. The van der Waals surface area contributed by atoms with Gasteiger partial charge in [0.05, 0.1) is 0 Å². The Morgan fingerprint density at radius 1 is 1.13 bits per heavy atom. The van der Waals surface area contributed by atoms with Crippen molar-refractivity contribution in [1.82, 2.24) is 5.32 Å². The molecular weight excluding hydrogens is 182 g/mol. The zero-order valence-corrected chi connectivity index (χ0v) is 10.9. The Labute approximate surface area is 96.0 Å². The van der Waals surface area contributed by atoms with Gasteiger partial charge in [-0.15, -0.1) is 0 Å². The highest BCUT2D eigenvalue weighted by atomic mass is 14.9. The van der Waals surface area contributed by atoms with E-state index in [0.717, 1.165) is 17.9 Å². The van der Waals surface area contributed by atoms with E-state index in [9.17, 15) is 0 Å². The normalized spacial score (nSPS) is 22.6. The molecule has 15 heavy (non-hydrogen) atoms. The number of hydrogen-bond acceptors (Lipinski definition) is 1. The summed E-state index contributed by atoms with van der Waals surface area (Å²) in [7, 11) is 0.